The molecule has 0 saturated carbocycles. The quantitative estimate of drug-likeness (QED) is 0.795. The van der Waals surface area contributed by atoms with Crippen LogP contribution in [0.1, 0.15) is 24.8 Å². The number of nitrogen functional groups attached to an aromatic ring is 1. The van der Waals surface area contributed by atoms with Crippen molar-refractivity contribution in [3.8, 4) is 6.07 Å². The molecular formula is C14H19N3O. The average molecular weight is 245 g/mol. The smallest absolute Gasteiger partial charge is 0.101 e. The molecule has 1 unspecified atom stereocenters. The monoisotopic (exact) mass is 245 g/mol. The highest BCUT2D eigenvalue weighted by molar-refractivity contribution is 5.63. The molecule has 1 atom stereocenters. The van der Waals surface area contributed by atoms with E-state index in [4.69, 9.17) is 16.1 Å². The van der Waals surface area contributed by atoms with Crippen LogP contribution in [-0.4, -0.2) is 24.8 Å². The molecule has 1 heterocycles. The van der Waals surface area contributed by atoms with Crippen LogP contribution in [0.2, 0.25) is 0 Å². The summed E-state index contributed by atoms with van der Waals surface area (Å²) >= 11 is 0. The lowest BCUT2D eigenvalue weighted by molar-refractivity contribution is 0.244. The number of nitriles is 1. The van der Waals surface area contributed by atoms with Gasteiger partial charge in [-0.1, -0.05) is 0 Å². The van der Waals surface area contributed by atoms with E-state index < -0.39 is 0 Å². The van der Waals surface area contributed by atoms with Gasteiger partial charge in [0, 0.05) is 25.4 Å². The van der Waals surface area contributed by atoms with Crippen LogP contribution in [0.15, 0.2) is 18.2 Å². The van der Waals surface area contributed by atoms with Crippen molar-refractivity contribution in [2.75, 3.05) is 30.3 Å². The van der Waals surface area contributed by atoms with Crippen molar-refractivity contribution in [3.05, 3.63) is 23.8 Å². The predicted molar refractivity (Wildman–Crippen MR) is 72.2 cm³/mol. The molecule has 3 N–H and O–H groups in total. The maximum absolute atomic E-state index is 9.01. The molecule has 2 rings (SSSR count). The number of nitrogens with zero attached hydrogens (tertiary/aromatic N) is 2. The molecule has 0 spiro atoms. The van der Waals surface area contributed by atoms with Crippen LogP contribution in [0, 0.1) is 17.2 Å². The van der Waals surface area contributed by atoms with E-state index in [1.165, 1.54) is 6.42 Å². The molecule has 0 bridgehead atoms. The Morgan fingerprint density at radius 1 is 1.50 bits per heavy atom. The van der Waals surface area contributed by atoms with Gasteiger partial charge in [-0.25, -0.2) is 0 Å². The summed E-state index contributed by atoms with van der Waals surface area (Å²) in [6, 6.07) is 7.69. The van der Waals surface area contributed by atoms with Gasteiger partial charge in [-0.05, 0) is 43.4 Å². The van der Waals surface area contributed by atoms with Gasteiger partial charge in [-0.3, -0.25) is 0 Å². The van der Waals surface area contributed by atoms with Crippen molar-refractivity contribution >= 4 is 11.4 Å². The minimum Gasteiger partial charge on any atom is -0.398 e. The van der Waals surface area contributed by atoms with Crippen LogP contribution >= 0.6 is 0 Å². The van der Waals surface area contributed by atoms with Gasteiger partial charge >= 0.3 is 0 Å². The van der Waals surface area contributed by atoms with Crippen LogP contribution in [0.4, 0.5) is 11.4 Å². The SMILES string of the molecule is N#Cc1ccc(N2CCCC(CCO)C2)cc1N. The zero-order valence-electron chi connectivity index (χ0n) is 10.5. The van der Waals surface area contributed by atoms with Crippen molar-refractivity contribution in [2.24, 2.45) is 5.92 Å². The van der Waals surface area contributed by atoms with E-state index >= 15 is 0 Å². The molecule has 18 heavy (non-hydrogen) atoms. The molecule has 1 saturated heterocycles. The van der Waals surface area contributed by atoms with Gasteiger partial charge in [0.05, 0.1) is 11.3 Å². The number of benzene rings is 1. The van der Waals surface area contributed by atoms with Crippen LogP contribution in [0.25, 0.3) is 0 Å². The van der Waals surface area contributed by atoms with Crippen molar-refractivity contribution in [1.82, 2.24) is 0 Å². The van der Waals surface area contributed by atoms with Crippen LogP contribution in [-0.2, 0) is 0 Å². The van der Waals surface area contributed by atoms with Gasteiger partial charge in [0.2, 0.25) is 0 Å². The molecule has 0 aromatic heterocycles. The third kappa shape index (κ3) is 2.74. The molecule has 1 aliphatic rings. The normalized spacial score (nSPS) is 19.6. The molecule has 4 heteroatoms. The number of anilines is 2. The number of nitrogens with two attached hydrogens (primary N) is 1. The summed E-state index contributed by atoms with van der Waals surface area (Å²) in [5.41, 5.74) is 7.99. The maximum atomic E-state index is 9.01. The van der Waals surface area contributed by atoms with Crippen molar-refractivity contribution in [3.63, 3.8) is 0 Å². The number of hydrogen-bond donors (Lipinski definition) is 2. The lowest BCUT2D eigenvalue weighted by Crippen LogP contribution is -2.35. The second-order valence-electron chi connectivity index (χ2n) is 4.85. The van der Waals surface area contributed by atoms with Crippen molar-refractivity contribution in [2.45, 2.75) is 19.3 Å². The summed E-state index contributed by atoms with van der Waals surface area (Å²) in [5.74, 6) is 0.556. The van der Waals surface area contributed by atoms with E-state index in [0.717, 1.165) is 31.6 Å². The number of piperidine rings is 1. The Balaban J connectivity index is 2.11. The van der Waals surface area contributed by atoms with Crippen molar-refractivity contribution in [1.29, 1.82) is 5.26 Å². The zero-order chi connectivity index (χ0) is 13.0. The second-order valence-corrected chi connectivity index (χ2v) is 4.85. The van der Waals surface area contributed by atoms with E-state index in [-0.39, 0.29) is 6.61 Å². The third-order valence-electron chi connectivity index (χ3n) is 3.58. The van der Waals surface area contributed by atoms with Crippen molar-refractivity contribution < 1.29 is 5.11 Å². The summed E-state index contributed by atoms with van der Waals surface area (Å²) < 4.78 is 0. The molecule has 1 aromatic rings. The minimum absolute atomic E-state index is 0.258. The van der Waals surface area contributed by atoms with E-state index in [9.17, 15) is 0 Å². The molecule has 1 aromatic carbocycles. The van der Waals surface area contributed by atoms with Gasteiger partial charge in [0.1, 0.15) is 6.07 Å². The predicted octanol–water partition coefficient (Wildman–Crippen LogP) is 1.74. The fourth-order valence-corrected chi connectivity index (χ4v) is 2.57. The van der Waals surface area contributed by atoms with Gasteiger partial charge in [0.15, 0.2) is 0 Å². The summed E-state index contributed by atoms with van der Waals surface area (Å²) in [7, 11) is 0. The van der Waals surface area contributed by atoms with E-state index in [1.54, 1.807) is 6.07 Å². The van der Waals surface area contributed by atoms with Gasteiger partial charge in [0.25, 0.3) is 0 Å². The van der Waals surface area contributed by atoms with E-state index in [1.807, 2.05) is 12.1 Å². The first kappa shape index (κ1) is 12.7. The zero-order valence-corrected chi connectivity index (χ0v) is 10.5. The van der Waals surface area contributed by atoms with E-state index in [0.29, 0.717) is 17.2 Å². The Kier molecular flexibility index (Phi) is 4.06. The highest BCUT2D eigenvalue weighted by Gasteiger charge is 2.20. The highest BCUT2D eigenvalue weighted by Crippen LogP contribution is 2.27. The summed E-state index contributed by atoms with van der Waals surface area (Å²) in [4.78, 5) is 2.29. The highest BCUT2D eigenvalue weighted by atomic mass is 16.3. The topological polar surface area (TPSA) is 73.3 Å². The lowest BCUT2D eigenvalue weighted by Gasteiger charge is -2.34. The molecule has 1 aliphatic heterocycles. The third-order valence-corrected chi connectivity index (χ3v) is 3.58. The molecule has 4 nitrogen and oxygen atoms in total. The summed E-state index contributed by atoms with van der Waals surface area (Å²) in [5, 5.41) is 17.9. The van der Waals surface area contributed by atoms with E-state index in [2.05, 4.69) is 11.0 Å². The van der Waals surface area contributed by atoms with Gasteiger partial charge in [-0.2, -0.15) is 5.26 Å². The van der Waals surface area contributed by atoms with Gasteiger partial charge in [-0.15, -0.1) is 0 Å². The second kappa shape index (κ2) is 5.74. The number of aliphatic hydroxyl groups excluding tert-OH is 1. The lowest BCUT2D eigenvalue weighted by atomic mass is 9.94. The first-order valence-corrected chi connectivity index (χ1v) is 6.40. The van der Waals surface area contributed by atoms with Crippen LogP contribution in [0.5, 0.6) is 0 Å². The molecule has 0 radical (unpaired) electrons. The number of aliphatic hydroxyl groups is 1. The molecular weight excluding hydrogens is 226 g/mol. The number of hydrogen-bond acceptors (Lipinski definition) is 4. The minimum atomic E-state index is 0.258. The summed E-state index contributed by atoms with van der Waals surface area (Å²) in [6.07, 6.45) is 3.19. The fourth-order valence-electron chi connectivity index (χ4n) is 2.57. The number of rotatable bonds is 3. The maximum Gasteiger partial charge on any atom is 0.101 e. The Morgan fingerprint density at radius 2 is 2.33 bits per heavy atom. The largest absolute Gasteiger partial charge is 0.398 e. The van der Waals surface area contributed by atoms with Crippen LogP contribution in [0.3, 0.4) is 0 Å². The first-order valence-electron chi connectivity index (χ1n) is 6.40. The molecule has 1 fully saturated rings. The van der Waals surface area contributed by atoms with Gasteiger partial charge < -0.3 is 15.7 Å². The molecule has 0 aliphatic carbocycles. The van der Waals surface area contributed by atoms with Crippen LogP contribution < -0.4 is 10.6 Å². The summed E-state index contributed by atoms with van der Waals surface area (Å²) in [6.45, 7) is 2.24. The molecule has 0 amide bonds. The Hall–Kier alpha value is -1.73. The molecule has 96 valence electrons. The first-order chi connectivity index (χ1) is 8.74. The Labute approximate surface area is 108 Å². The Morgan fingerprint density at radius 3 is 3.00 bits per heavy atom. The standard InChI is InChI=1S/C14H19N3O/c15-9-12-3-4-13(8-14(12)16)17-6-1-2-11(10-17)5-7-18/h3-4,8,11,18H,1-2,5-7,10,16H2. The fraction of sp³-hybridized carbons (Fsp3) is 0.500. The Bertz CT molecular complexity index is 451. The average Bonchev–Trinajstić information content (AvgIpc) is 2.39.